The van der Waals surface area contributed by atoms with Gasteiger partial charge in [0.25, 0.3) is 0 Å². The Morgan fingerprint density at radius 3 is 1.52 bits per heavy atom. The lowest BCUT2D eigenvalue weighted by molar-refractivity contribution is -0.136. The first-order valence-corrected chi connectivity index (χ1v) is 7.42. The van der Waals surface area contributed by atoms with Crippen molar-refractivity contribution in [2.75, 3.05) is 0 Å². The molecule has 0 saturated carbocycles. The first kappa shape index (κ1) is 14.0. The van der Waals surface area contributed by atoms with Crippen LogP contribution >= 0.6 is 0 Å². The number of aryl methyl sites for hydroxylation is 2. The largest absolute Gasteiger partial charge is 0.365 e. The minimum Gasteiger partial charge on any atom is -0.365 e. The molecule has 2 atom stereocenters. The molecule has 1 aliphatic rings. The molecule has 2 nitrogen and oxygen atoms in total. The van der Waals surface area contributed by atoms with Gasteiger partial charge in [0, 0.05) is 12.8 Å². The Bertz CT molecular complexity index is 570. The molecule has 108 valence electrons. The number of carbonyl (C=O) groups is 1. The van der Waals surface area contributed by atoms with E-state index in [0.29, 0.717) is 12.8 Å². The average Bonchev–Trinajstić information content (AvgIpc) is 2.48. The van der Waals surface area contributed by atoms with Gasteiger partial charge in [0.15, 0.2) is 0 Å². The highest BCUT2D eigenvalue weighted by Gasteiger charge is 2.29. The molecule has 0 spiro atoms. The molecule has 2 aromatic rings. The van der Waals surface area contributed by atoms with Crippen molar-refractivity contribution >= 4 is 5.78 Å². The second-order valence-electron chi connectivity index (χ2n) is 5.88. The van der Waals surface area contributed by atoms with E-state index >= 15 is 0 Å². The van der Waals surface area contributed by atoms with Gasteiger partial charge in [-0.3, -0.25) is 4.79 Å². The van der Waals surface area contributed by atoms with Crippen molar-refractivity contribution in [1.29, 1.82) is 0 Å². The summed E-state index contributed by atoms with van der Waals surface area (Å²) in [4.78, 5) is 12.1. The number of ether oxygens (including phenoxy) is 1. The molecule has 2 heteroatoms. The Morgan fingerprint density at radius 2 is 1.14 bits per heavy atom. The summed E-state index contributed by atoms with van der Waals surface area (Å²) in [7, 11) is 0. The fourth-order valence-electron chi connectivity index (χ4n) is 2.75. The zero-order valence-corrected chi connectivity index (χ0v) is 12.5. The minimum absolute atomic E-state index is 0.127. The van der Waals surface area contributed by atoms with E-state index in [1.54, 1.807) is 0 Å². The van der Waals surface area contributed by atoms with Crippen LogP contribution in [0.4, 0.5) is 0 Å². The van der Waals surface area contributed by atoms with Gasteiger partial charge in [-0.15, -0.1) is 0 Å². The number of hydrogen-bond donors (Lipinski definition) is 0. The number of hydrogen-bond acceptors (Lipinski definition) is 2. The van der Waals surface area contributed by atoms with Gasteiger partial charge in [-0.05, 0) is 25.0 Å². The maximum atomic E-state index is 12.1. The van der Waals surface area contributed by atoms with Gasteiger partial charge in [-0.25, -0.2) is 0 Å². The van der Waals surface area contributed by atoms with Crippen LogP contribution in [0.2, 0.25) is 0 Å². The summed E-state index contributed by atoms with van der Waals surface area (Å²) in [5.74, 6) is 0.275. The molecule has 0 unspecified atom stereocenters. The SMILES string of the molecule is Cc1ccc([C@@H]2CC(=O)C[C@@H](c3ccc(C)cc3)O2)cc1. The summed E-state index contributed by atoms with van der Waals surface area (Å²) in [5, 5.41) is 0. The lowest BCUT2D eigenvalue weighted by Crippen LogP contribution is -2.23. The van der Waals surface area contributed by atoms with Gasteiger partial charge >= 0.3 is 0 Å². The molecule has 1 heterocycles. The van der Waals surface area contributed by atoms with Crippen molar-refractivity contribution in [3.8, 4) is 0 Å². The van der Waals surface area contributed by atoms with Crippen LogP contribution < -0.4 is 0 Å². The molecule has 1 aliphatic heterocycles. The predicted molar refractivity (Wildman–Crippen MR) is 83.2 cm³/mol. The van der Waals surface area contributed by atoms with Crippen molar-refractivity contribution in [3.05, 3.63) is 70.8 Å². The van der Waals surface area contributed by atoms with Gasteiger partial charge in [0.2, 0.25) is 0 Å². The average molecular weight is 280 g/mol. The lowest BCUT2D eigenvalue weighted by Gasteiger charge is -2.30. The topological polar surface area (TPSA) is 26.3 Å². The molecule has 0 radical (unpaired) electrons. The molecule has 0 bridgehead atoms. The van der Waals surface area contributed by atoms with Crippen LogP contribution in [0.1, 0.15) is 47.3 Å². The molecule has 21 heavy (non-hydrogen) atoms. The smallest absolute Gasteiger partial charge is 0.138 e. The van der Waals surface area contributed by atoms with Gasteiger partial charge in [-0.1, -0.05) is 59.7 Å². The second-order valence-corrected chi connectivity index (χ2v) is 5.88. The molecular formula is C19H20O2. The monoisotopic (exact) mass is 280 g/mol. The van der Waals surface area contributed by atoms with E-state index in [2.05, 4.69) is 62.4 Å². The highest BCUT2D eigenvalue weighted by molar-refractivity contribution is 5.80. The zero-order chi connectivity index (χ0) is 14.8. The summed E-state index contributed by atoms with van der Waals surface area (Å²) in [6.07, 6.45) is 0.702. The van der Waals surface area contributed by atoms with Gasteiger partial charge in [0.05, 0.1) is 12.2 Å². The molecule has 0 aromatic heterocycles. The number of ketones is 1. The number of benzene rings is 2. The number of Topliss-reactive ketones (excluding diaryl/α,β-unsaturated/α-hetero) is 1. The van der Waals surface area contributed by atoms with E-state index in [-0.39, 0.29) is 18.0 Å². The van der Waals surface area contributed by atoms with Crippen LogP contribution in [0.5, 0.6) is 0 Å². The molecule has 0 amide bonds. The Labute approximate surface area is 125 Å². The third-order valence-corrected chi connectivity index (χ3v) is 4.05. The second kappa shape index (κ2) is 5.82. The molecule has 1 fully saturated rings. The molecule has 0 aliphatic carbocycles. The van der Waals surface area contributed by atoms with E-state index in [9.17, 15) is 4.79 Å². The van der Waals surface area contributed by atoms with Crippen LogP contribution in [0.25, 0.3) is 0 Å². The summed E-state index contributed by atoms with van der Waals surface area (Å²) in [6, 6.07) is 16.5. The predicted octanol–water partition coefficient (Wildman–Crippen LogP) is 4.47. The first-order valence-electron chi connectivity index (χ1n) is 7.42. The van der Waals surface area contributed by atoms with Gasteiger partial charge < -0.3 is 4.74 Å². The van der Waals surface area contributed by atoms with Gasteiger partial charge in [0.1, 0.15) is 5.78 Å². The molecule has 2 aromatic carbocycles. The minimum atomic E-state index is -0.127. The third kappa shape index (κ3) is 3.22. The molecule has 1 saturated heterocycles. The quantitative estimate of drug-likeness (QED) is 0.811. The van der Waals surface area contributed by atoms with Crippen LogP contribution in [-0.4, -0.2) is 5.78 Å². The molecule has 3 rings (SSSR count). The summed E-state index contributed by atoms with van der Waals surface area (Å²) >= 11 is 0. The van der Waals surface area contributed by atoms with Crippen LogP contribution in [0, 0.1) is 13.8 Å². The van der Waals surface area contributed by atoms with Crippen LogP contribution in [-0.2, 0) is 9.53 Å². The van der Waals surface area contributed by atoms with Crippen LogP contribution in [0.3, 0.4) is 0 Å². The van der Waals surface area contributed by atoms with E-state index in [1.807, 2.05) is 0 Å². The number of rotatable bonds is 2. The fraction of sp³-hybridized carbons (Fsp3) is 0.316. The molecule has 0 N–H and O–H groups in total. The zero-order valence-electron chi connectivity index (χ0n) is 12.5. The Morgan fingerprint density at radius 1 is 0.762 bits per heavy atom. The normalized spacial score (nSPS) is 22.3. The van der Waals surface area contributed by atoms with Crippen molar-refractivity contribution in [2.45, 2.75) is 38.9 Å². The summed E-state index contributed by atoms with van der Waals surface area (Å²) < 4.78 is 6.19. The fourth-order valence-corrected chi connectivity index (χ4v) is 2.75. The highest BCUT2D eigenvalue weighted by Crippen LogP contribution is 2.37. The maximum Gasteiger partial charge on any atom is 0.138 e. The van der Waals surface area contributed by atoms with Crippen LogP contribution in [0.15, 0.2) is 48.5 Å². The Balaban J connectivity index is 1.82. The standard InChI is InChI=1S/C19H20O2/c1-13-3-7-15(8-4-13)18-11-17(20)12-19(21-18)16-9-5-14(2)6-10-16/h3-10,18-19H,11-12H2,1-2H3/t18-,19-/m0/s1. The Hall–Kier alpha value is -1.93. The lowest BCUT2D eigenvalue weighted by atomic mass is 9.93. The summed E-state index contributed by atoms with van der Waals surface area (Å²) in [5.41, 5.74) is 4.61. The van der Waals surface area contributed by atoms with Crippen molar-refractivity contribution < 1.29 is 9.53 Å². The first-order chi connectivity index (χ1) is 10.1. The van der Waals surface area contributed by atoms with E-state index < -0.39 is 0 Å². The van der Waals surface area contributed by atoms with E-state index in [0.717, 1.165) is 11.1 Å². The van der Waals surface area contributed by atoms with Crippen molar-refractivity contribution in [2.24, 2.45) is 0 Å². The summed E-state index contributed by atoms with van der Waals surface area (Å²) in [6.45, 7) is 4.12. The molecular weight excluding hydrogens is 260 g/mol. The highest BCUT2D eigenvalue weighted by atomic mass is 16.5. The van der Waals surface area contributed by atoms with E-state index in [1.165, 1.54) is 11.1 Å². The van der Waals surface area contributed by atoms with Crippen molar-refractivity contribution in [3.63, 3.8) is 0 Å². The van der Waals surface area contributed by atoms with E-state index in [4.69, 9.17) is 4.74 Å². The van der Waals surface area contributed by atoms with Crippen molar-refractivity contribution in [1.82, 2.24) is 0 Å². The Kier molecular flexibility index (Phi) is 3.89. The third-order valence-electron chi connectivity index (χ3n) is 4.05. The van der Waals surface area contributed by atoms with Gasteiger partial charge in [-0.2, -0.15) is 0 Å². The number of carbonyl (C=O) groups excluding carboxylic acids is 1. The maximum absolute atomic E-state index is 12.1.